The number of hydrogen-bond donors (Lipinski definition) is 1. The van der Waals surface area contributed by atoms with Gasteiger partial charge < -0.3 is 10.5 Å². The van der Waals surface area contributed by atoms with Crippen LogP contribution in [0.5, 0.6) is 0 Å². The van der Waals surface area contributed by atoms with Gasteiger partial charge in [-0.15, -0.1) is 0 Å². The van der Waals surface area contributed by atoms with Crippen molar-refractivity contribution in [2.24, 2.45) is 5.73 Å². The average Bonchev–Trinajstić information content (AvgIpc) is 2.03. The van der Waals surface area contributed by atoms with Crippen LogP contribution >= 0.6 is 0 Å². The highest BCUT2D eigenvalue weighted by molar-refractivity contribution is 5.58. The van der Waals surface area contributed by atoms with Gasteiger partial charge in [0.15, 0.2) is 0 Å². The summed E-state index contributed by atoms with van der Waals surface area (Å²) in [7, 11) is 0. The van der Waals surface area contributed by atoms with Crippen LogP contribution in [0.25, 0.3) is 0 Å². The van der Waals surface area contributed by atoms with E-state index in [0.29, 0.717) is 6.42 Å². The summed E-state index contributed by atoms with van der Waals surface area (Å²) in [5.74, 6) is 0. The quantitative estimate of drug-likeness (QED) is 0.474. The van der Waals surface area contributed by atoms with Gasteiger partial charge in [-0.05, 0) is 12.0 Å². The first-order valence-electron chi connectivity index (χ1n) is 3.39. The van der Waals surface area contributed by atoms with Crippen molar-refractivity contribution in [1.29, 1.82) is 0 Å². The number of carbonyl (C=O) groups is 1. The Balaban J connectivity index is 4.07. The van der Waals surface area contributed by atoms with Gasteiger partial charge in [0.2, 0.25) is 0 Å². The second-order valence-electron chi connectivity index (χ2n) is 2.19. The number of aldehydes is 1. The molecule has 0 aromatic carbocycles. The minimum Gasteiger partial charge on any atom is -0.321 e. The highest BCUT2D eigenvalue weighted by Crippen LogP contribution is 2.03. The molecule has 0 saturated heterocycles. The number of rotatable bonds is 5. The van der Waals surface area contributed by atoms with Crippen LogP contribution in [0.1, 0.15) is 6.42 Å². The molecule has 1 atom stereocenters. The lowest BCUT2D eigenvalue weighted by Gasteiger charge is -2.02. The van der Waals surface area contributed by atoms with Gasteiger partial charge in [0, 0.05) is 0 Å². The molecule has 0 amide bonds. The van der Waals surface area contributed by atoms with Crippen molar-refractivity contribution in [2.45, 2.75) is 12.5 Å². The SMILES string of the molecule is C=C/C=C(\C=C)C[C@H](N)C=O. The Morgan fingerprint density at radius 1 is 1.55 bits per heavy atom. The first-order chi connectivity index (χ1) is 5.24. The molecule has 2 heteroatoms. The third kappa shape index (κ3) is 4.28. The second kappa shape index (κ2) is 5.62. The van der Waals surface area contributed by atoms with E-state index in [4.69, 9.17) is 5.73 Å². The smallest absolute Gasteiger partial charge is 0.137 e. The molecule has 0 unspecified atom stereocenters. The molecule has 0 radical (unpaired) electrons. The van der Waals surface area contributed by atoms with E-state index >= 15 is 0 Å². The number of nitrogens with two attached hydrogens (primary N) is 1. The van der Waals surface area contributed by atoms with Crippen LogP contribution < -0.4 is 5.73 Å². The molecule has 11 heavy (non-hydrogen) atoms. The fraction of sp³-hybridized carbons (Fsp3) is 0.222. The van der Waals surface area contributed by atoms with Crippen LogP contribution in [-0.2, 0) is 4.79 Å². The van der Waals surface area contributed by atoms with Gasteiger partial charge in [0.05, 0.1) is 6.04 Å². The molecule has 0 aliphatic heterocycles. The van der Waals surface area contributed by atoms with E-state index in [-0.39, 0.29) is 0 Å². The zero-order valence-electron chi connectivity index (χ0n) is 6.49. The minimum atomic E-state index is -0.431. The predicted molar refractivity (Wildman–Crippen MR) is 47.1 cm³/mol. The van der Waals surface area contributed by atoms with E-state index in [0.717, 1.165) is 11.9 Å². The Morgan fingerprint density at radius 2 is 2.18 bits per heavy atom. The summed E-state index contributed by atoms with van der Waals surface area (Å²) < 4.78 is 0. The minimum absolute atomic E-state index is 0.431. The Morgan fingerprint density at radius 3 is 2.55 bits per heavy atom. The normalized spacial score (nSPS) is 13.7. The first kappa shape index (κ1) is 9.85. The Kier molecular flexibility index (Phi) is 5.03. The van der Waals surface area contributed by atoms with Gasteiger partial charge in [-0.2, -0.15) is 0 Å². The molecule has 60 valence electrons. The van der Waals surface area contributed by atoms with Crippen molar-refractivity contribution >= 4 is 6.29 Å². The van der Waals surface area contributed by atoms with E-state index in [1.165, 1.54) is 0 Å². The van der Waals surface area contributed by atoms with Crippen molar-refractivity contribution in [3.63, 3.8) is 0 Å². The van der Waals surface area contributed by atoms with Crippen molar-refractivity contribution in [3.8, 4) is 0 Å². The Bertz CT molecular complexity index is 182. The van der Waals surface area contributed by atoms with Crippen LogP contribution in [-0.4, -0.2) is 12.3 Å². The predicted octanol–water partition coefficient (Wildman–Crippen LogP) is 1.20. The molecule has 0 spiro atoms. The third-order valence-corrected chi connectivity index (χ3v) is 1.24. The van der Waals surface area contributed by atoms with Gasteiger partial charge in [0.1, 0.15) is 6.29 Å². The lowest BCUT2D eigenvalue weighted by atomic mass is 10.1. The number of carbonyl (C=O) groups excluding carboxylic acids is 1. The summed E-state index contributed by atoms with van der Waals surface area (Å²) >= 11 is 0. The number of hydrogen-bond acceptors (Lipinski definition) is 2. The molecule has 0 rings (SSSR count). The maximum Gasteiger partial charge on any atom is 0.137 e. The zero-order chi connectivity index (χ0) is 8.69. The maximum atomic E-state index is 10.1. The maximum absolute atomic E-state index is 10.1. The average molecular weight is 151 g/mol. The first-order valence-corrected chi connectivity index (χ1v) is 3.39. The van der Waals surface area contributed by atoms with Crippen molar-refractivity contribution < 1.29 is 4.79 Å². The van der Waals surface area contributed by atoms with E-state index in [1.807, 2.05) is 0 Å². The molecule has 0 aromatic heterocycles. The van der Waals surface area contributed by atoms with Gasteiger partial charge in [-0.3, -0.25) is 0 Å². The van der Waals surface area contributed by atoms with Crippen molar-refractivity contribution in [2.75, 3.05) is 0 Å². The number of allylic oxidation sites excluding steroid dienone is 3. The fourth-order valence-corrected chi connectivity index (χ4v) is 0.691. The monoisotopic (exact) mass is 151 g/mol. The molecular weight excluding hydrogens is 138 g/mol. The van der Waals surface area contributed by atoms with Crippen LogP contribution in [0.15, 0.2) is 37.0 Å². The van der Waals surface area contributed by atoms with Gasteiger partial charge in [-0.1, -0.05) is 31.4 Å². The summed E-state index contributed by atoms with van der Waals surface area (Å²) in [5.41, 5.74) is 6.32. The van der Waals surface area contributed by atoms with Gasteiger partial charge in [0.25, 0.3) is 0 Å². The molecule has 2 N–H and O–H groups in total. The van der Waals surface area contributed by atoms with Crippen LogP contribution in [0.2, 0.25) is 0 Å². The fourth-order valence-electron chi connectivity index (χ4n) is 0.691. The molecule has 0 heterocycles. The molecule has 0 saturated carbocycles. The topological polar surface area (TPSA) is 43.1 Å². The molecule has 0 aliphatic rings. The summed E-state index contributed by atoms with van der Waals surface area (Å²) in [6.07, 6.45) is 6.36. The lowest BCUT2D eigenvalue weighted by molar-refractivity contribution is -0.108. The van der Waals surface area contributed by atoms with Crippen molar-refractivity contribution in [3.05, 3.63) is 37.0 Å². The van der Waals surface area contributed by atoms with Gasteiger partial charge >= 0.3 is 0 Å². The molecule has 2 nitrogen and oxygen atoms in total. The van der Waals surface area contributed by atoms with E-state index in [9.17, 15) is 4.79 Å². The summed E-state index contributed by atoms with van der Waals surface area (Å²) in [6.45, 7) is 7.11. The van der Waals surface area contributed by atoms with E-state index in [1.54, 1.807) is 18.2 Å². The molecule has 0 aromatic rings. The van der Waals surface area contributed by atoms with Crippen LogP contribution in [0, 0.1) is 0 Å². The lowest BCUT2D eigenvalue weighted by Crippen LogP contribution is -2.21. The molecule has 0 fully saturated rings. The Labute approximate surface area is 67.1 Å². The Hall–Kier alpha value is -1.15. The molecular formula is C9H13NO. The standard InChI is InChI=1S/C9H13NO/c1-3-5-8(4-2)6-9(10)7-11/h3-5,7,9H,1-2,6,10H2/b8-5+/t9-/m0/s1. The van der Waals surface area contributed by atoms with Crippen LogP contribution in [0.4, 0.5) is 0 Å². The highest BCUT2D eigenvalue weighted by Gasteiger charge is 2.00. The molecule has 0 bridgehead atoms. The molecule has 0 aliphatic carbocycles. The summed E-state index contributed by atoms with van der Waals surface area (Å²) in [6, 6.07) is -0.431. The van der Waals surface area contributed by atoms with Crippen LogP contribution in [0.3, 0.4) is 0 Å². The largest absolute Gasteiger partial charge is 0.321 e. The second-order valence-corrected chi connectivity index (χ2v) is 2.19. The highest BCUT2D eigenvalue weighted by atomic mass is 16.1. The third-order valence-electron chi connectivity index (χ3n) is 1.24. The van der Waals surface area contributed by atoms with E-state index in [2.05, 4.69) is 13.2 Å². The van der Waals surface area contributed by atoms with Gasteiger partial charge in [-0.25, -0.2) is 0 Å². The summed E-state index contributed by atoms with van der Waals surface area (Å²) in [4.78, 5) is 10.1. The summed E-state index contributed by atoms with van der Waals surface area (Å²) in [5, 5.41) is 0. The zero-order valence-corrected chi connectivity index (χ0v) is 6.49. The van der Waals surface area contributed by atoms with Crippen molar-refractivity contribution in [1.82, 2.24) is 0 Å². The van der Waals surface area contributed by atoms with E-state index < -0.39 is 6.04 Å².